The van der Waals surface area contributed by atoms with E-state index in [-0.39, 0.29) is 24.0 Å². The van der Waals surface area contributed by atoms with Gasteiger partial charge in [0.15, 0.2) is 5.69 Å². The Hall–Kier alpha value is -2.84. The van der Waals surface area contributed by atoms with Crippen LogP contribution < -0.4 is 9.64 Å². The lowest BCUT2D eigenvalue weighted by Crippen LogP contribution is -2.25. The predicted molar refractivity (Wildman–Crippen MR) is 95.6 cm³/mol. The maximum absolute atomic E-state index is 13.1. The molecule has 150 valence electrons. The number of rotatable bonds is 6. The highest BCUT2D eigenvalue weighted by molar-refractivity contribution is 5.85. The Morgan fingerprint density at radius 3 is 2.75 bits per heavy atom. The highest BCUT2D eigenvalue weighted by Crippen LogP contribution is 2.36. The van der Waals surface area contributed by atoms with Crippen LogP contribution in [0.5, 0.6) is 5.75 Å². The molecule has 0 amide bonds. The minimum absolute atomic E-state index is 0.0107. The first-order valence-electron chi connectivity index (χ1n) is 8.93. The quantitative estimate of drug-likeness (QED) is 0.805. The van der Waals surface area contributed by atoms with Gasteiger partial charge in [-0.05, 0) is 31.0 Å². The molecule has 0 saturated carbocycles. The Labute approximate surface area is 160 Å². The van der Waals surface area contributed by atoms with Gasteiger partial charge in [-0.3, -0.25) is 0 Å². The monoisotopic (exact) mass is 395 g/mol. The molecule has 1 aliphatic rings. The molecule has 28 heavy (non-hydrogen) atoms. The Bertz CT molecular complexity index is 858. The maximum atomic E-state index is 13.1. The minimum Gasteiger partial charge on any atom is -0.493 e. The van der Waals surface area contributed by atoms with Crippen LogP contribution in [0, 0.1) is 5.92 Å². The van der Waals surface area contributed by atoms with E-state index in [2.05, 4.69) is 9.97 Å². The van der Waals surface area contributed by atoms with E-state index in [1.807, 2.05) is 11.8 Å². The zero-order valence-electron chi connectivity index (χ0n) is 15.2. The first-order valence-corrected chi connectivity index (χ1v) is 8.93. The Morgan fingerprint density at radius 1 is 1.32 bits per heavy atom. The van der Waals surface area contributed by atoms with E-state index in [0.717, 1.165) is 6.07 Å². The van der Waals surface area contributed by atoms with Crippen molar-refractivity contribution in [3.8, 4) is 5.75 Å². The van der Waals surface area contributed by atoms with Gasteiger partial charge in [-0.1, -0.05) is 19.1 Å². The number of anilines is 1. The van der Waals surface area contributed by atoms with Gasteiger partial charge in [0.2, 0.25) is 5.95 Å². The van der Waals surface area contributed by atoms with Gasteiger partial charge in [0.05, 0.1) is 12.2 Å². The van der Waals surface area contributed by atoms with Gasteiger partial charge in [0.25, 0.3) is 0 Å². The number of benzene rings is 1. The summed E-state index contributed by atoms with van der Waals surface area (Å²) in [5.74, 6) is -0.995. The van der Waals surface area contributed by atoms with E-state index in [0.29, 0.717) is 37.6 Å². The van der Waals surface area contributed by atoms with Crippen molar-refractivity contribution >= 4 is 11.9 Å². The van der Waals surface area contributed by atoms with Gasteiger partial charge < -0.3 is 14.7 Å². The molecule has 1 N–H and O–H groups in total. The number of aryl methyl sites for hydroxylation is 1. The fourth-order valence-corrected chi connectivity index (χ4v) is 3.10. The number of para-hydroxylation sites is 1. The van der Waals surface area contributed by atoms with E-state index in [1.165, 1.54) is 24.3 Å². The molecule has 2 heterocycles. The van der Waals surface area contributed by atoms with Gasteiger partial charge in [-0.2, -0.15) is 13.2 Å². The highest BCUT2D eigenvalue weighted by atomic mass is 19.4. The van der Waals surface area contributed by atoms with Gasteiger partial charge in [-0.25, -0.2) is 14.8 Å². The number of aromatic carboxylic acids is 1. The lowest BCUT2D eigenvalue weighted by atomic mass is 10.1. The molecule has 0 spiro atoms. The van der Waals surface area contributed by atoms with Crippen LogP contribution in [0.3, 0.4) is 0 Å². The normalized spacial score (nSPS) is 17.0. The molecule has 6 nitrogen and oxygen atoms in total. The molecule has 1 aliphatic heterocycles. The summed E-state index contributed by atoms with van der Waals surface area (Å²) in [4.78, 5) is 21.6. The van der Waals surface area contributed by atoms with Gasteiger partial charge in [-0.15, -0.1) is 0 Å². The molecule has 9 heteroatoms. The van der Waals surface area contributed by atoms with Crippen molar-refractivity contribution in [1.82, 2.24) is 9.97 Å². The third-order valence-corrected chi connectivity index (χ3v) is 4.58. The van der Waals surface area contributed by atoms with Crippen LogP contribution in [0.15, 0.2) is 30.3 Å². The first-order chi connectivity index (χ1) is 13.3. The van der Waals surface area contributed by atoms with Crippen molar-refractivity contribution in [2.75, 3.05) is 24.6 Å². The van der Waals surface area contributed by atoms with Gasteiger partial charge in [0.1, 0.15) is 5.75 Å². The Balaban J connectivity index is 1.67. The first kappa shape index (κ1) is 19.9. The van der Waals surface area contributed by atoms with Crippen molar-refractivity contribution in [2.24, 2.45) is 5.92 Å². The van der Waals surface area contributed by atoms with E-state index in [1.54, 1.807) is 0 Å². The molecule has 2 aromatic rings. The van der Waals surface area contributed by atoms with E-state index in [4.69, 9.17) is 4.74 Å². The van der Waals surface area contributed by atoms with E-state index < -0.39 is 17.7 Å². The summed E-state index contributed by atoms with van der Waals surface area (Å²) in [7, 11) is 0. The second-order valence-electron chi connectivity index (χ2n) is 6.61. The number of nitrogens with zero attached hydrogens (tertiary/aromatic N) is 3. The summed E-state index contributed by atoms with van der Waals surface area (Å²) in [5, 5.41) is 9.21. The maximum Gasteiger partial charge on any atom is 0.419 e. The molecular formula is C19H20F3N3O3. The van der Waals surface area contributed by atoms with Crippen molar-refractivity contribution in [1.29, 1.82) is 0 Å². The van der Waals surface area contributed by atoms with Crippen LogP contribution in [0.1, 0.15) is 35.1 Å². The molecular weight excluding hydrogens is 375 g/mol. The van der Waals surface area contributed by atoms with Crippen LogP contribution in [0.4, 0.5) is 19.1 Å². The summed E-state index contributed by atoms with van der Waals surface area (Å²) in [6.07, 6.45) is -3.21. The molecule has 3 rings (SSSR count). The molecule has 0 radical (unpaired) electrons. The standard InChI is InChI=1S/C19H20F3N3O3/c1-2-13-9-15(17(26)27)24-18(23-13)25-8-7-12(10-25)11-28-16-6-4-3-5-14(16)19(20,21)22/h3-6,9,12H,2,7-8,10-11H2,1H3,(H,26,27). The summed E-state index contributed by atoms with van der Waals surface area (Å²) < 4.78 is 44.6. The zero-order chi connectivity index (χ0) is 20.3. The third-order valence-electron chi connectivity index (χ3n) is 4.58. The molecule has 0 aliphatic carbocycles. The van der Waals surface area contributed by atoms with E-state index >= 15 is 0 Å². The topological polar surface area (TPSA) is 75.5 Å². The number of ether oxygens (including phenoxy) is 1. The highest BCUT2D eigenvalue weighted by Gasteiger charge is 2.34. The second kappa shape index (κ2) is 8.04. The van der Waals surface area contributed by atoms with Crippen LogP contribution in [0.2, 0.25) is 0 Å². The van der Waals surface area contributed by atoms with Crippen molar-refractivity contribution < 1.29 is 27.8 Å². The lowest BCUT2D eigenvalue weighted by molar-refractivity contribution is -0.139. The van der Waals surface area contributed by atoms with Crippen LogP contribution >= 0.6 is 0 Å². The average Bonchev–Trinajstić information content (AvgIpc) is 3.14. The molecule has 1 unspecified atom stereocenters. The Morgan fingerprint density at radius 2 is 2.07 bits per heavy atom. The van der Waals surface area contributed by atoms with Crippen LogP contribution in [-0.2, 0) is 12.6 Å². The van der Waals surface area contributed by atoms with Crippen molar-refractivity contribution in [2.45, 2.75) is 25.9 Å². The molecule has 1 atom stereocenters. The van der Waals surface area contributed by atoms with Gasteiger partial charge >= 0.3 is 12.1 Å². The van der Waals surface area contributed by atoms with Crippen molar-refractivity contribution in [3.05, 3.63) is 47.3 Å². The number of carboxylic acids is 1. The Kier molecular flexibility index (Phi) is 5.71. The lowest BCUT2D eigenvalue weighted by Gasteiger charge is -2.18. The van der Waals surface area contributed by atoms with E-state index in [9.17, 15) is 23.1 Å². The summed E-state index contributed by atoms with van der Waals surface area (Å²) >= 11 is 0. The number of hydrogen-bond donors (Lipinski definition) is 1. The largest absolute Gasteiger partial charge is 0.493 e. The van der Waals surface area contributed by atoms with Crippen molar-refractivity contribution in [3.63, 3.8) is 0 Å². The SMILES string of the molecule is CCc1cc(C(=O)O)nc(N2CCC(COc3ccccc3C(F)(F)F)C2)n1. The summed E-state index contributed by atoms with van der Waals surface area (Å²) in [5.41, 5.74) is -0.239. The fourth-order valence-electron chi connectivity index (χ4n) is 3.10. The smallest absolute Gasteiger partial charge is 0.419 e. The summed E-state index contributed by atoms with van der Waals surface area (Å²) in [6, 6.07) is 6.57. The number of aromatic nitrogens is 2. The average molecular weight is 395 g/mol. The number of alkyl halides is 3. The minimum atomic E-state index is -4.47. The predicted octanol–water partition coefficient (Wildman–Crippen LogP) is 3.66. The number of hydrogen-bond acceptors (Lipinski definition) is 5. The third kappa shape index (κ3) is 4.52. The fraction of sp³-hybridized carbons (Fsp3) is 0.421. The second-order valence-corrected chi connectivity index (χ2v) is 6.61. The molecule has 1 aromatic heterocycles. The van der Waals surface area contributed by atoms with Crippen LogP contribution in [-0.4, -0.2) is 40.7 Å². The molecule has 1 fully saturated rings. The molecule has 0 bridgehead atoms. The van der Waals surface area contributed by atoms with Crippen LogP contribution in [0.25, 0.3) is 0 Å². The number of carboxylic acid groups (broad SMARTS) is 1. The number of carbonyl (C=O) groups is 1. The summed E-state index contributed by atoms with van der Waals surface area (Å²) in [6.45, 7) is 3.07. The molecule has 1 aromatic carbocycles. The van der Waals surface area contributed by atoms with Gasteiger partial charge in [0, 0.05) is 24.7 Å². The number of halogens is 3. The molecule has 1 saturated heterocycles. The zero-order valence-corrected chi connectivity index (χ0v) is 15.2.